The SMILES string of the molecule is CC(C)(C)NC(=O)CNc1cc(Br)nc(C2CC2)n1. The van der Waals surface area contributed by atoms with Gasteiger partial charge in [0.25, 0.3) is 0 Å². The molecule has 0 atom stereocenters. The van der Waals surface area contributed by atoms with Gasteiger partial charge in [-0.25, -0.2) is 9.97 Å². The van der Waals surface area contributed by atoms with E-state index in [2.05, 4.69) is 36.5 Å². The smallest absolute Gasteiger partial charge is 0.239 e. The van der Waals surface area contributed by atoms with E-state index in [4.69, 9.17) is 0 Å². The van der Waals surface area contributed by atoms with Crippen LogP contribution in [0.4, 0.5) is 5.82 Å². The Morgan fingerprint density at radius 2 is 2.11 bits per heavy atom. The maximum Gasteiger partial charge on any atom is 0.239 e. The van der Waals surface area contributed by atoms with Crippen LogP contribution < -0.4 is 10.6 Å². The van der Waals surface area contributed by atoms with Gasteiger partial charge < -0.3 is 10.6 Å². The number of carbonyl (C=O) groups is 1. The molecular formula is C13H19BrN4O. The fourth-order valence-corrected chi connectivity index (χ4v) is 2.08. The van der Waals surface area contributed by atoms with Crippen molar-refractivity contribution in [1.29, 1.82) is 0 Å². The van der Waals surface area contributed by atoms with Crippen molar-refractivity contribution in [3.63, 3.8) is 0 Å². The third-order valence-corrected chi connectivity index (χ3v) is 3.01. The third-order valence-electron chi connectivity index (χ3n) is 2.60. The van der Waals surface area contributed by atoms with Crippen LogP contribution in [0.15, 0.2) is 10.7 Å². The van der Waals surface area contributed by atoms with Gasteiger partial charge in [0, 0.05) is 17.5 Å². The molecule has 0 bridgehead atoms. The summed E-state index contributed by atoms with van der Waals surface area (Å²) in [5.74, 6) is 1.98. The minimum absolute atomic E-state index is 0.0461. The number of hydrogen-bond acceptors (Lipinski definition) is 4. The molecular weight excluding hydrogens is 308 g/mol. The lowest BCUT2D eigenvalue weighted by atomic mass is 10.1. The number of rotatable bonds is 4. The molecule has 1 amide bonds. The molecule has 5 nitrogen and oxygen atoms in total. The summed E-state index contributed by atoms with van der Waals surface area (Å²) in [6.07, 6.45) is 2.31. The lowest BCUT2D eigenvalue weighted by Crippen LogP contribution is -2.43. The Balaban J connectivity index is 1.94. The predicted molar refractivity (Wildman–Crippen MR) is 78.1 cm³/mol. The summed E-state index contributed by atoms with van der Waals surface area (Å²) in [4.78, 5) is 20.5. The molecule has 0 spiro atoms. The molecule has 0 radical (unpaired) electrons. The van der Waals surface area contributed by atoms with Gasteiger partial charge in [0.05, 0.1) is 6.54 Å². The quantitative estimate of drug-likeness (QED) is 0.834. The van der Waals surface area contributed by atoms with Gasteiger partial charge in [0.2, 0.25) is 5.91 Å². The van der Waals surface area contributed by atoms with Crippen LogP contribution in [-0.4, -0.2) is 28.0 Å². The highest BCUT2D eigenvalue weighted by molar-refractivity contribution is 9.10. The van der Waals surface area contributed by atoms with E-state index in [1.807, 2.05) is 20.8 Å². The number of amides is 1. The van der Waals surface area contributed by atoms with Gasteiger partial charge in [-0.1, -0.05) is 0 Å². The standard InChI is InChI=1S/C13H19BrN4O/c1-13(2,3)18-11(19)7-15-10-6-9(14)16-12(17-10)8-4-5-8/h6,8H,4-5,7H2,1-3H3,(H,18,19)(H,15,16,17). The van der Waals surface area contributed by atoms with Crippen LogP contribution in [-0.2, 0) is 4.79 Å². The number of halogens is 1. The van der Waals surface area contributed by atoms with E-state index in [-0.39, 0.29) is 18.0 Å². The number of nitrogens with zero attached hydrogens (tertiary/aromatic N) is 2. The molecule has 104 valence electrons. The minimum Gasteiger partial charge on any atom is -0.361 e. The topological polar surface area (TPSA) is 66.9 Å². The van der Waals surface area contributed by atoms with Crippen LogP contribution in [0.5, 0.6) is 0 Å². The molecule has 1 heterocycles. The number of carbonyl (C=O) groups excluding carboxylic acids is 1. The molecule has 2 N–H and O–H groups in total. The van der Waals surface area contributed by atoms with Crippen LogP contribution in [0.1, 0.15) is 45.4 Å². The first-order valence-corrected chi connectivity index (χ1v) is 7.22. The molecule has 0 saturated heterocycles. The Morgan fingerprint density at radius 1 is 1.42 bits per heavy atom. The average Bonchev–Trinajstić information content (AvgIpc) is 3.07. The van der Waals surface area contributed by atoms with Crippen LogP contribution in [0.2, 0.25) is 0 Å². The third kappa shape index (κ3) is 4.78. The van der Waals surface area contributed by atoms with Gasteiger partial charge in [0.15, 0.2) is 0 Å². The maximum absolute atomic E-state index is 11.7. The average molecular weight is 327 g/mol. The van der Waals surface area contributed by atoms with Crippen LogP contribution in [0.3, 0.4) is 0 Å². The van der Waals surface area contributed by atoms with Crippen LogP contribution in [0, 0.1) is 0 Å². The molecule has 0 unspecified atom stereocenters. The number of aromatic nitrogens is 2. The highest BCUT2D eigenvalue weighted by atomic mass is 79.9. The van der Waals surface area contributed by atoms with E-state index in [9.17, 15) is 4.79 Å². The number of hydrogen-bond donors (Lipinski definition) is 2. The zero-order valence-corrected chi connectivity index (χ0v) is 13.0. The molecule has 0 aliphatic heterocycles. The normalized spacial score (nSPS) is 15.2. The monoisotopic (exact) mass is 326 g/mol. The summed E-state index contributed by atoms with van der Waals surface area (Å²) < 4.78 is 0.753. The Morgan fingerprint density at radius 3 is 2.68 bits per heavy atom. The zero-order chi connectivity index (χ0) is 14.0. The van der Waals surface area contributed by atoms with E-state index in [1.54, 1.807) is 6.07 Å². The summed E-state index contributed by atoms with van der Waals surface area (Å²) in [6.45, 7) is 6.08. The maximum atomic E-state index is 11.7. The number of anilines is 1. The summed E-state index contributed by atoms with van der Waals surface area (Å²) in [7, 11) is 0. The molecule has 0 aromatic carbocycles. The van der Waals surface area contributed by atoms with E-state index >= 15 is 0 Å². The van der Waals surface area contributed by atoms with E-state index < -0.39 is 0 Å². The van der Waals surface area contributed by atoms with Crippen molar-refractivity contribution in [1.82, 2.24) is 15.3 Å². The Labute approximate surface area is 121 Å². The first-order chi connectivity index (χ1) is 8.83. The lowest BCUT2D eigenvalue weighted by Gasteiger charge is -2.20. The van der Waals surface area contributed by atoms with Gasteiger partial charge in [-0.3, -0.25) is 4.79 Å². The molecule has 1 aromatic rings. The lowest BCUT2D eigenvalue weighted by molar-refractivity contribution is -0.120. The van der Waals surface area contributed by atoms with Crippen molar-refractivity contribution in [2.24, 2.45) is 0 Å². The van der Waals surface area contributed by atoms with Crippen molar-refractivity contribution < 1.29 is 4.79 Å². The first kappa shape index (κ1) is 14.2. The molecule has 1 saturated carbocycles. The fourth-order valence-electron chi connectivity index (χ4n) is 1.68. The number of nitrogens with one attached hydrogen (secondary N) is 2. The minimum atomic E-state index is -0.218. The Bertz CT molecular complexity index is 480. The van der Waals surface area contributed by atoms with Crippen molar-refractivity contribution >= 4 is 27.7 Å². The van der Waals surface area contributed by atoms with Crippen LogP contribution >= 0.6 is 15.9 Å². The summed E-state index contributed by atoms with van der Waals surface area (Å²) >= 11 is 3.37. The zero-order valence-electron chi connectivity index (χ0n) is 11.5. The predicted octanol–water partition coefficient (Wildman–Crippen LogP) is 2.44. The summed E-state index contributed by atoms with van der Waals surface area (Å²) in [5.41, 5.74) is -0.218. The fraction of sp³-hybridized carbons (Fsp3) is 0.615. The first-order valence-electron chi connectivity index (χ1n) is 6.43. The van der Waals surface area contributed by atoms with Crippen molar-refractivity contribution in [2.75, 3.05) is 11.9 Å². The molecule has 1 aromatic heterocycles. The van der Waals surface area contributed by atoms with Gasteiger partial charge in [-0.15, -0.1) is 0 Å². The highest BCUT2D eigenvalue weighted by Crippen LogP contribution is 2.38. The highest BCUT2D eigenvalue weighted by Gasteiger charge is 2.27. The van der Waals surface area contributed by atoms with Gasteiger partial charge in [-0.2, -0.15) is 0 Å². The molecule has 1 aliphatic rings. The summed E-state index contributed by atoms with van der Waals surface area (Å²) in [6, 6.07) is 1.79. The van der Waals surface area contributed by atoms with Crippen molar-refractivity contribution in [3.8, 4) is 0 Å². The second-order valence-corrected chi connectivity index (χ2v) is 6.67. The van der Waals surface area contributed by atoms with Crippen molar-refractivity contribution in [3.05, 3.63) is 16.5 Å². The van der Waals surface area contributed by atoms with Gasteiger partial charge in [0.1, 0.15) is 16.2 Å². The molecule has 1 aliphatic carbocycles. The van der Waals surface area contributed by atoms with E-state index in [1.165, 1.54) is 0 Å². The van der Waals surface area contributed by atoms with E-state index in [0.717, 1.165) is 23.3 Å². The van der Waals surface area contributed by atoms with Crippen molar-refractivity contribution in [2.45, 2.75) is 45.1 Å². The molecule has 19 heavy (non-hydrogen) atoms. The largest absolute Gasteiger partial charge is 0.361 e. The molecule has 1 fully saturated rings. The van der Waals surface area contributed by atoms with Crippen LogP contribution in [0.25, 0.3) is 0 Å². The second kappa shape index (κ2) is 5.45. The molecule has 2 rings (SSSR count). The van der Waals surface area contributed by atoms with E-state index in [0.29, 0.717) is 11.7 Å². The van der Waals surface area contributed by atoms with Gasteiger partial charge >= 0.3 is 0 Å². The Hall–Kier alpha value is -1.17. The Kier molecular flexibility index (Phi) is 4.08. The van der Waals surface area contributed by atoms with Gasteiger partial charge in [-0.05, 0) is 49.5 Å². The second-order valence-electron chi connectivity index (χ2n) is 5.86. The molecule has 6 heteroatoms. The summed E-state index contributed by atoms with van der Waals surface area (Å²) in [5, 5.41) is 5.93.